The van der Waals surface area contributed by atoms with Gasteiger partial charge in [-0.25, -0.2) is 0 Å². The molecule has 0 spiro atoms. The van der Waals surface area contributed by atoms with Crippen LogP contribution < -0.4 is 5.73 Å². The molecule has 0 radical (unpaired) electrons. The Kier molecular flexibility index (Phi) is 3.36. The van der Waals surface area contributed by atoms with E-state index in [4.69, 9.17) is 5.73 Å². The van der Waals surface area contributed by atoms with Crippen LogP contribution in [0.4, 0.5) is 0 Å². The van der Waals surface area contributed by atoms with Gasteiger partial charge in [-0.2, -0.15) is 0 Å². The van der Waals surface area contributed by atoms with Crippen molar-refractivity contribution in [2.75, 3.05) is 13.1 Å². The molecule has 0 atom stereocenters. The second-order valence-corrected chi connectivity index (χ2v) is 6.00. The van der Waals surface area contributed by atoms with E-state index in [1.54, 1.807) is 0 Å². The van der Waals surface area contributed by atoms with Crippen LogP contribution in [0.5, 0.6) is 0 Å². The summed E-state index contributed by atoms with van der Waals surface area (Å²) in [6.07, 6.45) is 7.97. The Bertz CT molecular complexity index is 205. The normalized spacial score (nSPS) is 24.6. The molecule has 0 aromatic carbocycles. The van der Waals surface area contributed by atoms with Crippen molar-refractivity contribution in [2.45, 2.75) is 64.0 Å². The molecule has 2 heteroatoms. The first-order valence-electron chi connectivity index (χ1n) is 6.62. The summed E-state index contributed by atoms with van der Waals surface area (Å²) in [6.45, 7) is 7.15. The van der Waals surface area contributed by atoms with Gasteiger partial charge in [0.05, 0.1) is 0 Å². The van der Waals surface area contributed by atoms with Crippen molar-refractivity contribution in [1.82, 2.24) is 4.90 Å². The number of hydrogen-bond donors (Lipinski definition) is 1. The Morgan fingerprint density at radius 3 is 2.40 bits per heavy atom. The van der Waals surface area contributed by atoms with Crippen LogP contribution in [-0.4, -0.2) is 29.6 Å². The molecule has 0 aliphatic heterocycles. The minimum Gasteiger partial charge on any atom is -0.325 e. The third kappa shape index (κ3) is 3.18. The topological polar surface area (TPSA) is 29.3 Å². The first kappa shape index (κ1) is 11.4. The van der Waals surface area contributed by atoms with Gasteiger partial charge in [-0.1, -0.05) is 0 Å². The number of nitrogens with two attached hydrogens (primary N) is 1. The van der Waals surface area contributed by atoms with Gasteiger partial charge in [0.1, 0.15) is 0 Å². The van der Waals surface area contributed by atoms with Gasteiger partial charge in [0.25, 0.3) is 0 Å². The predicted molar refractivity (Wildman–Crippen MR) is 64.8 cm³/mol. The fraction of sp³-hybridized carbons (Fsp3) is 1.00. The Hall–Kier alpha value is -0.0800. The summed E-state index contributed by atoms with van der Waals surface area (Å²) in [5, 5.41) is 0. The van der Waals surface area contributed by atoms with Crippen molar-refractivity contribution < 1.29 is 0 Å². The zero-order valence-corrected chi connectivity index (χ0v) is 10.3. The summed E-state index contributed by atoms with van der Waals surface area (Å²) in [5.74, 6) is 1.00. The first-order chi connectivity index (χ1) is 7.09. The lowest BCUT2D eigenvalue weighted by atomic mass is 9.75. The molecule has 0 unspecified atom stereocenters. The van der Waals surface area contributed by atoms with Crippen LogP contribution in [0.15, 0.2) is 0 Å². The third-order valence-electron chi connectivity index (χ3n) is 4.17. The van der Waals surface area contributed by atoms with Gasteiger partial charge in [0, 0.05) is 24.7 Å². The van der Waals surface area contributed by atoms with Gasteiger partial charge in [-0.05, 0) is 58.3 Å². The Morgan fingerprint density at radius 2 is 2.00 bits per heavy atom. The summed E-state index contributed by atoms with van der Waals surface area (Å²) in [4.78, 5) is 2.63. The van der Waals surface area contributed by atoms with E-state index in [1.165, 1.54) is 51.6 Å². The molecule has 2 aliphatic carbocycles. The molecule has 15 heavy (non-hydrogen) atoms. The summed E-state index contributed by atoms with van der Waals surface area (Å²) in [5.41, 5.74) is 6.48. The number of hydrogen-bond acceptors (Lipinski definition) is 2. The highest BCUT2D eigenvalue weighted by molar-refractivity contribution is 4.93. The largest absolute Gasteiger partial charge is 0.325 e. The van der Waals surface area contributed by atoms with Crippen molar-refractivity contribution in [3.8, 4) is 0 Å². The molecule has 0 heterocycles. The van der Waals surface area contributed by atoms with E-state index < -0.39 is 0 Å². The van der Waals surface area contributed by atoms with Crippen molar-refractivity contribution in [3.05, 3.63) is 0 Å². The molecule has 0 bridgehead atoms. The van der Waals surface area contributed by atoms with Gasteiger partial charge in [0.15, 0.2) is 0 Å². The maximum atomic E-state index is 6.27. The minimum atomic E-state index is 0.205. The highest BCUT2D eigenvalue weighted by atomic mass is 15.2. The van der Waals surface area contributed by atoms with E-state index >= 15 is 0 Å². The molecule has 2 N–H and O–H groups in total. The third-order valence-corrected chi connectivity index (χ3v) is 4.17. The van der Waals surface area contributed by atoms with Crippen molar-refractivity contribution in [2.24, 2.45) is 11.7 Å². The molecule has 2 rings (SSSR count). The average molecular weight is 210 g/mol. The lowest BCUT2D eigenvalue weighted by Crippen LogP contribution is -2.49. The molecule has 2 nitrogen and oxygen atoms in total. The van der Waals surface area contributed by atoms with E-state index in [0.29, 0.717) is 6.04 Å². The maximum absolute atomic E-state index is 6.27. The Balaban J connectivity index is 1.72. The summed E-state index contributed by atoms with van der Waals surface area (Å²) >= 11 is 0. The highest BCUT2D eigenvalue weighted by Crippen LogP contribution is 2.34. The Morgan fingerprint density at radius 1 is 1.33 bits per heavy atom. The standard InChI is InChI=1S/C13H26N2/c1-11(2)15(10-12-4-5-12)9-8-13(14)6-3-7-13/h11-12H,3-10,14H2,1-2H3. The zero-order chi connectivity index (χ0) is 10.9. The van der Waals surface area contributed by atoms with Crippen LogP contribution in [0.25, 0.3) is 0 Å². The molecular weight excluding hydrogens is 184 g/mol. The smallest absolute Gasteiger partial charge is 0.0166 e. The summed E-state index contributed by atoms with van der Waals surface area (Å²) in [7, 11) is 0. The van der Waals surface area contributed by atoms with Crippen molar-refractivity contribution >= 4 is 0 Å². The molecule has 2 aliphatic rings. The van der Waals surface area contributed by atoms with Crippen LogP contribution in [0.2, 0.25) is 0 Å². The van der Waals surface area contributed by atoms with E-state index in [2.05, 4.69) is 18.7 Å². The average Bonchev–Trinajstić information content (AvgIpc) is 2.92. The summed E-state index contributed by atoms with van der Waals surface area (Å²) < 4.78 is 0. The van der Waals surface area contributed by atoms with E-state index in [1.807, 2.05) is 0 Å². The second-order valence-electron chi connectivity index (χ2n) is 6.00. The van der Waals surface area contributed by atoms with Crippen molar-refractivity contribution in [1.29, 1.82) is 0 Å². The maximum Gasteiger partial charge on any atom is 0.0166 e. The van der Waals surface area contributed by atoms with E-state index in [9.17, 15) is 0 Å². The monoisotopic (exact) mass is 210 g/mol. The van der Waals surface area contributed by atoms with E-state index in [0.717, 1.165) is 5.92 Å². The van der Waals surface area contributed by atoms with Crippen LogP contribution in [-0.2, 0) is 0 Å². The highest BCUT2D eigenvalue weighted by Gasteiger charge is 2.33. The molecule has 0 aromatic rings. The van der Waals surface area contributed by atoms with Crippen LogP contribution in [0.3, 0.4) is 0 Å². The zero-order valence-electron chi connectivity index (χ0n) is 10.3. The molecule has 2 fully saturated rings. The van der Waals surface area contributed by atoms with Crippen LogP contribution in [0, 0.1) is 5.92 Å². The number of rotatable bonds is 6. The fourth-order valence-electron chi connectivity index (χ4n) is 2.44. The molecule has 2 saturated carbocycles. The minimum absolute atomic E-state index is 0.205. The lowest BCUT2D eigenvalue weighted by Gasteiger charge is -2.40. The summed E-state index contributed by atoms with van der Waals surface area (Å²) in [6, 6.07) is 0.689. The second kappa shape index (κ2) is 4.42. The van der Waals surface area contributed by atoms with Crippen LogP contribution >= 0.6 is 0 Å². The van der Waals surface area contributed by atoms with Gasteiger partial charge in [-0.3, -0.25) is 0 Å². The first-order valence-corrected chi connectivity index (χ1v) is 6.62. The van der Waals surface area contributed by atoms with Crippen LogP contribution in [0.1, 0.15) is 52.4 Å². The molecule has 0 saturated heterocycles. The molecule has 0 aromatic heterocycles. The van der Waals surface area contributed by atoms with Gasteiger partial charge in [-0.15, -0.1) is 0 Å². The molecular formula is C13H26N2. The van der Waals surface area contributed by atoms with Gasteiger partial charge < -0.3 is 10.6 Å². The SMILES string of the molecule is CC(C)N(CCC1(N)CCC1)CC1CC1. The van der Waals surface area contributed by atoms with Crippen molar-refractivity contribution in [3.63, 3.8) is 0 Å². The van der Waals surface area contributed by atoms with Gasteiger partial charge >= 0.3 is 0 Å². The molecule has 0 amide bonds. The van der Waals surface area contributed by atoms with E-state index in [-0.39, 0.29) is 5.54 Å². The Labute approximate surface area is 94.2 Å². The number of nitrogens with zero attached hydrogens (tertiary/aromatic N) is 1. The quantitative estimate of drug-likeness (QED) is 0.729. The molecule has 88 valence electrons. The lowest BCUT2D eigenvalue weighted by molar-refractivity contribution is 0.155. The fourth-order valence-corrected chi connectivity index (χ4v) is 2.44. The predicted octanol–water partition coefficient (Wildman–Crippen LogP) is 2.38. The van der Waals surface area contributed by atoms with Gasteiger partial charge in [0.2, 0.25) is 0 Å².